The maximum absolute atomic E-state index is 5.42. The third kappa shape index (κ3) is 3.14. The van der Waals surface area contributed by atoms with Gasteiger partial charge in [0.2, 0.25) is 5.84 Å². The molecule has 0 aliphatic heterocycles. The van der Waals surface area contributed by atoms with E-state index in [1.54, 1.807) is 13.1 Å². The van der Waals surface area contributed by atoms with Crippen LogP contribution in [0.15, 0.2) is 59.9 Å². The molecule has 3 aromatic rings. The second-order valence-corrected chi connectivity index (χ2v) is 4.51. The Balaban J connectivity index is 1.86. The first kappa shape index (κ1) is 13.9. The predicted octanol–water partition coefficient (Wildman–Crippen LogP) is 1.80. The zero-order valence-corrected chi connectivity index (χ0v) is 12.0. The number of pyridine rings is 1. The van der Waals surface area contributed by atoms with Crippen molar-refractivity contribution in [3.05, 3.63) is 71.8 Å². The van der Waals surface area contributed by atoms with Crippen molar-refractivity contribution in [1.82, 2.24) is 25.2 Å². The molecule has 0 bridgehead atoms. The van der Waals surface area contributed by atoms with Crippen molar-refractivity contribution in [2.24, 2.45) is 5.16 Å². The van der Waals surface area contributed by atoms with Crippen molar-refractivity contribution in [3.8, 4) is 0 Å². The van der Waals surface area contributed by atoms with Gasteiger partial charge in [-0.05, 0) is 29.5 Å². The van der Waals surface area contributed by atoms with E-state index in [0.717, 1.165) is 11.3 Å². The average Bonchev–Trinajstić information content (AvgIpc) is 2.99. The van der Waals surface area contributed by atoms with E-state index in [-0.39, 0.29) is 6.61 Å². The average molecular weight is 294 g/mol. The summed E-state index contributed by atoms with van der Waals surface area (Å²) in [4.78, 5) is 9.61. The first-order valence-corrected chi connectivity index (χ1v) is 6.75. The van der Waals surface area contributed by atoms with Crippen LogP contribution in [0.1, 0.15) is 17.1 Å². The lowest BCUT2D eigenvalue weighted by molar-refractivity contribution is 0.126. The molecule has 0 unspecified atom stereocenters. The van der Waals surface area contributed by atoms with E-state index in [0.29, 0.717) is 11.7 Å². The van der Waals surface area contributed by atoms with E-state index in [1.807, 2.05) is 48.5 Å². The Labute approximate surface area is 127 Å². The van der Waals surface area contributed by atoms with Crippen LogP contribution in [0, 0.1) is 6.92 Å². The van der Waals surface area contributed by atoms with Gasteiger partial charge in [0.15, 0.2) is 12.4 Å². The van der Waals surface area contributed by atoms with Crippen molar-refractivity contribution in [1.29, 1.82) is 0 Å². The maximum atomic E-state index is 5.42. The Morgan fingerprint density at radius 3 is 2.64 bits per heavy atom. The number of tetrazole rings is 1. The van der Waals surface area contributed by atoms with Crippen LogP contribution in [0.4, 0.5) is 0 Å². The normalized spacial score (nSPS) is 11.4. The Kier molecular flexibility index (Phi) is 4.15. The third-order valence-corrected chi connectivity index (χ3v) is 2.95. The van der Waals surface area contributed by atoms with E-state index in [1.165, 1.54) is 4.68 Å². The molecule has 0 N–H and O–H groups in total. The summed E-state index contributed by atoms with van der Waals surface area (Å²) >= 11 is 0. The molecule has 110 valence electrons. The zero-order chi connectivity index (χ0) is 15.2. The molecule has 0 saturated heterocycles. The topological polar surface area (TPSA) is 78.1 Å². The van der Waals surface area contributed by atoms with Gasteiger partial charge in [-0.25, -0.2) is 0 Å². The van der Waals surface area contributed by atoms with E-state index in [4.69, 9.17) is 4.84 Å². The van der Waals surface area contributed by atoms with E-state index >= 15 is 0 Å². The van der Waals surface area contributed by atoms with Crippen LogP contribution < -0.4 is 0 Å². The number of rotatable bonds is 4. The molecule has 22 heavy (non-hydrogen) atoms. The van der Waals surface area contributed by atoms with Crippen molar-refractivity contribution >= 4 is 5.84 Å². The van der Waals surface area contributed by atoms with Gasteiger partial charge in [0.05, 0.1) is 5.69 Å². The van der Waals surface area contributed by atoms with Gasteiger partial charge in [-0.3, -0.25) is 4.98 Å². The minimum Gasteiger partial charge on any atom is -0.387 e. The maximum Gasteiger partial charge on any atom is 0.203 e. The van der Waals surface area contributed by atoms with Crippen LogP contribution in [-0.2, 0) is 11.4 Å². The number of hydrogen-bond acceptors (Lipinski definition) is 6. The van der Waals surface area contributed by atoms with E-state index < -0.39 is 0 Å². The molecule has 2 aromatic heterocycles. The lowest BCUT2D eigenvalue weighted by Crippen LogP contribution is -2.17. The lowest BCUT2D eigenvalue weighted by atomic mass is 10.2. The number of nitrogens with zero attached hydrogens (tertiary/aromatic N) is 6. The SMILES string of the molecule is Cc1nnnn1C(=NOCc1ccccn1)c1ccccc1. The lowest BCUT2D eigenvalue weighted by Gasteiger charge is -2.07. The first-order valence-electron chi connectivity index (χ1n) is 6.75. The van der Waals surface area contributed by atoms with Crippen molar-refractivity contribution in [3.63, 3.8) is 0 Å². The predicted molar refractivity (Wildman–Crippen MR) is 80.0 cm³/mol. The molecule has 0 amide bonds. The summed E-state index contributed by atoms with van der Waals surface area (Å²) in [6.07, 6.45) is 1.71. The summed E-state index contributed by atoms with van der Waals surface area (Å²) in [5.41, 5.74) is 1.66. The summed E-state index contributed by atoms with van der Waals surface area (Å²) in [6.45, 7) is 2.08. The molecule has 0 fully saturated rings. The fourth-order valence-corrected chi connectivity index (χ4v) is 1.87. The zero-order valence-electron chi connectivity index (χ0n) is 12.0. The fraction of sp³-hybridized carbons (Fsp3) is 0.133. The van der Waals surface area contributed by atoms with Crippen molar-refractivity contribution in [2.45, 2.75) is 13.5 Å². The highest BCUT2D eigenvalue weighted by molar-refractivity contribution is 5.99. The van der Waals surface area contributed by atoms with Crippen LogP contribution in [0.2, 0.25) is 0 Å². The number of benzene rings is 1. The number of aryl methyl sites for hydroxylation is 1. The quantitative estimate of drug-likeness (QED) is 0.416. The molecule has 0 spiro atoms. The fourth-order valence-electron chi connectivity index (χ4n) is 1.87. The van der Waals surface area contributed by atoms with Crippen LogP contribution in [0.5, 0.6) is 0 Å². The second kappa shape index (κ2) is 6.57. The molecule has 0 saturated carbocycles. The minimum atomic E-state index is 0.276. The summed E-state index contributed by atoms with van der Waals surface area (Å²) in [5.74, 6) is 1.16. The molecular weight excluding hydrogens is 280 g/mol. The number of oxime groups is 1. The smallest absolute Gasteiger partial charge is 0.203 e. The number of hydrogen-bond donors (Lipinski definition) is 0. The van der Waals surface area contributed by atoms with Crippen LogP contribution in [-0.4, -0.2) is 31.0 Å². The van der Waals surface area contributed by atoms with Gasteiger partial charge in [0.25, 0.3) is 0 Å². The molecule has 1 aromatic carbocycles. The van der Waals surface area contributed by atoms with Gasteiger partial charge < -0.3 is 4.84 Å². The molecule has 0 radical (unpaired) electrons. The van der Waals surface area contributed by atoms with Gasteiger partial charge in [-0.15, -0.1) is 5.10 Å². The molecule has 0 atom stereocenters. The monoisotopic (exact) mass is 294 g/mol. The minimum absolute atomic E-state index is 0.276. The third-order valence-electron chi connectivity index (χ3n) is 2.95. The molecule has 0 aliphatic carbocycles. The van der Waals surface area contributed by atoms with Gasteiger partial charge in [0.1, 0.15) is 0 Å². The molecular formula is C15H14N6O. The Morgan fingerprint density at radius 2 is 1.95 bits per heavy atom. The van der Waals surface area contributed by atoms with E-state index in [2.05, 4.69) is 25.7 Å². The highest BCUT2D eigenvalue weighted by Crippen LogP contribution is 2.06. The summed E-state index contributed by atoms with van der Waals surface area (Å²) in [5, 5.41) is 15.7. The first-order chi connectivity index (χ1) is 10.8. The van der Waals surface area contributed by atoms with Gasteiger partial charge in [-0.1, -0.05) is 41.6 Å². The van der Waals surface area contributed by atoms with E-state index in [9.17, 15) is 0 Å². The number of aromatic nitrogens is 5. The molecule has 3 rings (SSSR count). The van der Waals surface area contributed by atoms with Gasteiger partial charge >= 0.3 is 0 Å². The van der Waals surface area contributed by atoms with Crippen LogP contribution in [0.3, 0.4) is 0 Å². The summed E-state index contributed by atoms with van der Waals surface area (Å²) < 4.78 is 1.54. The van der Waals surface area contributed by atoms with Crippen LogP contribution >= 0.6 is 0 Å². The van der Waals surface area contributed by atoms with Crippen molar-refractivity contribution in [2.75, 3.05) is 0 Å². The Bertz CT molecular complexity index is 754. The Hall–Kier alpha value is -3.09. The Morgan fingerprint density at radius 1 is 1.14 bits per heavy atom. The van der Waals surface area contributed by atoms with Crippen LogP contribution in [0.25, 0.3) is 0 Å². The summed E-state index contributed by atoms with van der Waals surface area (Å²) in [6, 6.07) is 15.2. The largest absolute Gasteiger partial charge is 0.387 e. The van der Waals surface area contributed by atoms with Gasteiger partial charge in [0, 0.05) is 11.8 Å². The molecule has 7 heteroatoms. The molecule has 7 nitrogen and oxygen atoms in total. The van der Waals surface area contributed by atoms with Crippen molar-refractivity contribution < 1.29 is 4.84 Å². The molecule has 2 heterocycles. The highest BCUT2D eigenvalue weighted by atomic mass is 16.6. The van der Waals surface area contributed by atoms with Gasteiger partial charge in [-0.2, -0.15) is 4.68 Å². The highest BCUT2D eigenvalue weighted by Gasteiger charge is 2.12. The summed E-state index contributed by atoms with van der Waals surface area (Å²) in [7, 11) is 0. The standard InChI is InChI=1S/C15H14N6O/c1-12-17-19-20-21(12)15(13-7-3-2-4-8-13)18-22-11-14-9-5-6-10-16-14/h2-10H,11H2,1H3. The molecule has 0 aliphatic rings. The second-order valence-electron chi connectivity index (χ2n) is 4.51.